The summed E-state index contributed by atoms with van der Waals surface area (Å²) in [5, 5.41) is 12.6. The number of aliphatic hydroxyl groups is 1. The predicted octanol–water partition coefficient (Wildman–Crippen LogP) is 2.26. The molecule has 1 aromatic heterocycles. The number of aliphatic hydroxyl groups excluding tert-OH is 1. The van der Waals surface area contributed by atoms with E-state index in [1.807, 2.05) is 19.1 Å². The fourth-order valence-electron chi connectivity index (χ4n) is 1.39. The van der Waals surface area contributed by atoms with Gasteiger partial charge < -0.3 is 10.4 Å². The third-order valence-corrected chi connectivity index (χ3v) is 2.01. The van der Waals surface area contributed by atoms with E-state index in [2.05, 4.69) is 24.1 Å². The highest BCUT2D eigenvalue weighted by molar-refractivity contribution is 5.39. The van der Waals surface area contributed by atoms with Crippen molar-refractivity contribution >= 4 is 5.82 Å². The van der Waals surface area contributed by atoms with Crippen molar-refractivity contribution in [3.63, 3.8) is 0 Å². The van der Waals surface area contributed by atoms with E-state index in [9.17, 15) is 5.11 Å². The van der Waals surface area contributed by atoms with Crippen molar-refractivity contribution < 1.29 is 5.11 Å². The number of pyridine rings is 1. The highest BCUT2D eigenvalue weighted by atomic mass is 16.3. The van der Waals surface area contributed by atoms with E-state index in [0.717, 1.165) is 17.1 Å². The van der Waals surface area contributed by atoms with E-state index in [1.165, 1.54) is 0 Å². The second kappa shape index (κ2) is 4.42. The molecule has 0 aliphatic rings. The summed E-state index contributed by atoms with van der Waals surface area (Å²) in [6.45, 7) is 7.80. The first-order valence-corrected chi connectivity index (χ1v) is 4.93. The Kier molecular flexibility index (Phi) is 3.47. The molecule has 0 unspecified atom stereocenters. The van der Waals surface area contributed by atoms with Crippen LogP contribution in [0.15, 0.2) is 12.1 Å². The van der Waals surface area contributed by atoms with Gasteiger partial charge in [-0.1, -0.05) is 6.07 Å². The fraction of sp³-hybridized carbons (Fsp3) is 0.545. The predicted molar refractivity (Wildman–Crippen MR) is 58.4 cm³/mol. The van der Waals surface area contributed by atoms with Crippen molar-refractivity contribution in [1.29, 1.82) is 0 Å². The van der Waals surface area contributed by atoms with Gasteiger partial charge in [0, 0.05) is 17.3 Å². The van der Waals surface area contributed by atoms with Crippen LogP contribution in [0.25, 0.3) is 0 Å². The van der Waals surface area contributed by atoms with E-state index in [1.54, 1.807) is 6.92 Å². The molecule has 1 heterocycles. The lowest BCUT2D eigenvalue weighted by molar-refractivity contribution is 0.198. The molecule has 1 atom stereocenters. The number of nitrogens with one attached hydrogen (secondary N) is 1. The highest BCUT2D eigenvalue weighted by Crippen LogP contribution is 2.17. The summed E-state index contributed by atoms with van der Waals surface area (Å²) in [6.07, 6.45) is -0.449. The van der Waals surface area contributed by atoms with Crippen molar-refractivity contribution in [3.8, 4) is 0 Å². The van der Waals surface area contributed by atoms with Gasteiger partial charge in [0.2, 0.25) is 0 Å². The van der Waals surface area contributed by atoms with Gasteiger partial charge in [0.15, 0.2) is 0 Å². The first-order chi connectivity index (χ1) is 6.50. The van der Waals surface area contributed by atoms with Gasteiger partial charge in [-0.05, 0) is 33.8 Å². The number of aryl methyl sites for hydroxylation is 1. The van der Waals surface area contributed by atoms with E-state index in [-0.39, 0.29) is 0 Å². The van der Waals surface area contributed by atoms with Crippen molar-refractivity contribution in [2.45, 2.75) is 39.8 Å². The van der Waals surface area contributed by atoms with Gasteiger partial charge >= 0.3 is 0 Å². The van der Waals surface area contributed by atoms with Crippen LogP contribution in [-0.2, 0) is 0 Å². The Bertz CT molecular complexity index is 308. The highest BCUT2D eigenvalue weighted by Gasteiger charge is 2.06. The molecule has 3 nitrogen and oxygen atoms in total. The number of nitrogens with zero attached hydrogens (tertiary/aromatic N) is 1. The molecule has 0 aliphatic carbocycles. The van der Waals surface area contributed by atoms with Crippen LogP contribution in [-0.4, -0.2) is 16.1 Å². The number of anilines is 1. The normalized spacial score (nSPS) is 13.0. The molecule has 0 fully saturated rings. The quantitative estimate of drug-likeness (QED) is 0.775. The Morgan fingerprint density at radius 3 is 2.36 bits per heavy atom. The summed E-state index contributed by atoms with van der Waals surface area (Å²) in [5.41, 5.74) is 1.77. The summed E-state index contributed by atoms with van der Waals surface area (Å²) in [6, 6.07) is 4.19. The van der Waals surface area contributed by atoms with Crippen LogP contribution in [0.5, 0.6) is 0 Å². The van der Waals surface area contributed by atoms with Crippen LogP contribution in [0.4, 0.5) is 5.82 Å². The minimum atomic E-state index is -0.449. The topological polar surface area (TPSA) is 45.2 Å². The van der Waals surface area contributed by atoms with E-state index < -0.39 is 6.10 Å². The van der Waals surface area contributed by atoms with E-state index >= 15 is 0 Å². The molecular weight excluding hydrogens is 176 g/mol. The van der Waals surface area contributed by atoms with Crippen LogP contribution >= 0.6 is 0 Å². The molecule has 0 spiro atoms. The summed E-state index contributed by atoms with van der Waals surface area (Å²) in [5.74, 6) is 0.863. The zero-order valence-electron chi connectivity index (χ0n) is 9.20. The molecule has 0 amide bonds. The van der Waals surface area contributed by atoms with Gasteiger partial charge in [0.1, 0.15) is 5.82 Å². The zero-order valence-corrected chi connectivity index (χ0v) is 9.20. The first-order valence-electron chi connectivity index (χ1n) is 4.93. The Hall–Kier alpha value is -1.09. The lowest BCUT2D eigenvalue weighted by atomic mass is 10.1. The molecule has 0 aromatic carbocycles. The smallest absolute Gasteiger partial charge is 0.126 e. The third kappa shape index (κ3) is 2.70. The van der Waals surface area contributed by atoms with Crippen LogP contribution in [0.3, 0.4) is 0 Å². The van der Waals surface area contributed by atoms with Crippen molar-refractivity contribution in [2.24, 2.45) is 0 Å². The largest absolute Gasteiger partial charge is 0.389 e. The molecular formula is C11H18N2O. The molecule has 0 radical (unpaired) electrons. The van der Waals surface area contributed by atoms with Crippen LogP contribution in [0.2, 0.25) is 0 Å². The maximum Gasteiger partial charge on any atom is 0.126 e. The maximum absolute atomic E-state index is 9.42. The summed E-state index contributed by atoms with van der Waals surface area (Å²) in [4.78, 5) is 4.36. The standard InChI is InChI=1S/C11H18N2O/c1-7(2)12-11-6-5-10(9(4)14)8(3)13-11/h5-7,9,14H,1-4H3,(H,12,13)/t9-/m1/s1. The van der Waals surface area contributed by atoms with Crippen LogP contribution in [0, 0.1) is 6.92 Å². The van der Waals surface area contributed by atoms with E-state index in [4.69, 9.17) is 0 Å². The SMILES string of the molecule is Cc1nc(NC(C)C)ccc1[C@@H](C)O. The number of hydrogen-bond donors (Lipinski definition) is 2. The minimum Gasteiger partial charge on any atom is -0.389 e. The Morgan fingerprint density at radius 1 is 1.29 bits per heavy atom. The second-order valence-electron chi connectivity index (χ2n) is 3.85. The molecule has 0 bridgehead atoms. The number of rotatable bonds is 3. The van der Waals surface area contributed by atoms with Crippen LogP contribution < -0.4 is 5.32 Å². The third-order valence-electron chi connectivity index (χ3n) is 2.01. The maximum atomic E-state index is 9.42. The Morgan fingerprint density at radius 2 is 1.93 bits per heavy atom. The van der Waals surface area contributed by atoms with Crippen molar-refractivity contribution in [3.05, 3.63) is 23.4 Å². The summed E-state index contributed by atoms with van der Waals surface area (Å²) in [7, 11) is 0. The average molecular weight is 194 g/mol. The molecule has 14 heavy (non-hydrogen) atoms. The van der Waals surface area contributed by atoms with Gasteiger partial charge in [-0.2, -0.15) is 0 Å². The molecule has 1 aromatic rings. The first kappa shape index (κ1) is 11.0. The average Bonchev–Trinajstić information content (AvgIpc) is 2.01. The zero-order chi connectivity index (χ0) is 10.7. The Balaban J connectivity index is 2.89. The van der Waals surface area contributed by atoms with Crippen molar-refractivity contribution in [2.75, 3.05) is 5.32 Å². The fourth-order valence-corrected chi connectivity index (χ4v) is 1.39. The Labute approximate surface area is 85.2 Å². The van der Waals surface area contributed by atoms with Gasteiger partial charge in [-0.15, -0.1) is 0 Å². The summed E-state index contributed by atoms with van der Waals surface area (Å²) >= 11 is 0. The molecule has 78 valence electrons. The molecule has 0 saturated heterocycles. The number of aromatic nitrogens is 1. The molecule has 1 rings (SSSR count). The van der Waals surface area contributed by atoms with Gasteiger partial charge in [0.25, 0.3) is 0 Å². The molecule has 0 saturated carbocycles. The molecule has 0 aliphatic heterocycles. The van der Waals surface area contributed by atoms with Crippen molar-refractivity contribution in [1.82, 2.24) is 4.98 Å². The van der Waals surface area contributed by atoms with Crippen LogP contribution in [0.1, 0.15) is 38.1 Å². The number of hydrogen-bond acceptors (Lipinski definition) is 3. The lowest BCUT2D eigenvalue weighted by Gasteiger charge is -2.12. The molecule has 3 heteroatoms. The summed E-state index contributed by atoms with van der Waals surface area (Å²) < 4.78 is 0. The molecule has 2 N–H and O–H groups in total. The lowest BCUT2D eigenvalue weighted by Crippen LogP contribution is -2.12. The van der Waals surface area contributed by atoms with E-state index in [0.29, 0.717) is 6.04 Å². The van der Waals surface area contributed by atoms with Gasteiger partial charge in [-0.25, -0.2) is 4.98 Å². The monoisotopic (exact) mass is 194 g/mol. The second-order valence-corrected chi connectivity index (χ2v) is 3.85. The minimum absolute atomic E-state index is 0.374. The van der Waals surface area contributed by atoms with Gasteiger partial charge in [0.05, 0.1) is 6.10 Å². The van der Waals surface area contributed by atoms with Gasteiger partial charge in [-0.3, -0.25) is 0 Å².